The average molecular weight is 1040 g/mol. The Balaban J connectivity index is 1.04. The Bertz CT molecular complexity index is 4090. The summed E-state index contributed by atoms with van der Waals surface area (Å²) < 4.78 is 35.6. The minimum absolute atomic E-state index is 0.0356. The van der Waals surface area contributed by atoms with Crippen LogP contribution < -0.4 is 14.5 Å². The van der Waals surface area contributed by atoms with Crippen LogP contribution in [-0.4, -0.2) is 16.2 Å². The third-order valence-electron chi connectivity index (χ3n) is 15.7. The minimum atomic E-state index is -2.34. The summed E-state index contributed by atoms with van der Waals surface area (Å²) in [6, 6.07) is 64.9. The fraction of sp³-hybridized carbons (Fsp3) is 0.257. The van der Waals surface area contributed by atoms with Gasteiger partial charge in [-0.1, -0.05) is 186 Å². The summed E-state index contributed by atoms with van der Waals surface area (Å²) >= 11 is 0. The summed E-state index contributed by atoms with van der Waals surface area (Å²) in [5.74, 6) is 2.08. The average Bonchev–Trinajstić information content (AvgIpc) is 4.10. The predicted octanol–water partition coefficient (Wildman–Crippen LogP) is 20.1. The van der Waals surface area contributed by atoms with Crippen LogP contribution in [0.4, 0.5) is 11.4 Å². The molecule has 5 heteroatoms. The van der Waals surface area contributed by atoms with E-state index in [0.717, 1.165) is 83.6 Å². The van der Waals surface area contributed by atoms with Crippen LogP contribution in [0, 0.1) is 13.8 Å². The monoisotopic (exact) mass is 1040 g/mol. The normalized spacial score (nSPS) is 14.1. The summed E-state index contributed by atoms with van der Waals surface area (Å²) in [6.45, 7) is 27.1. The van der Waals surface area contributed by atoms with Gasteiger partial charge in [0, 0.05) is 50.8 Å². The second kappa shape index (κ2) is 19.9. The predicted molar refractivity (Wildman–Crippen MR) is 336 cm³/mol. The number of nitrogens with zero attached hydrogens (tertiary/aromatic N) is 4. The van der Waals surface area contributed by atoms with Gasteiger partial charge in [-0.3, -0.25) is 4.57 Å². The van der Waals surface area contributed by atoms with Crippen LogP contribution in [-0.2, 0) is 21.7 Å². The van der Waals surface area contributed by atoms with Crippen LogP contribution in [0.15, 0.2) is 194 Å². The number of fused-ring (bicyclic) bond motifs is 3. The van der Waals surface area contributed by atoms with E-state index >= 15 is 0 Å². The molecule has 0 bridgehead atoms. The van der Waals surface area contributed by atoms with Crippen LogP contribution in [0.5, 0.6) is 11.5 Å². The maximum Gasteiger partial charge on any atom is 0.138 e. The van der Waals surface area contributed by atoms with Gasteiger partial charge in [0.15, 0.2) is 0 Å². The smallest absolute Gasteiger partial charge is 0.138 e. The van der Waals surface area contributed by atoms with Crippen molar-refractivity contribution in [3.63, 3.8) is 0 Å². The molecule has 5 nitrogen and oxygen atoms in total. The zero-order valence-electron chi connectivity index (χ0n) is 51.4. The van der Waals surface area contributed by atoms with Crippen LogP contribution in [0.3, 0.4) is 0 Å². The molecule has 0 unspecified atom stereocenters. The Morgan fingerprint density at radius 1 is 0.443 bits per heavy atom. The Kier molecular flexibility index (Phi) is 12.4. The number of rotatable bonds is 9. The van der Waals surface area contributed by atoms with Gasteiger partial charge in [-0.05, 0) is 174 Å². The van der Waals surface area contributed by atoms with Crippen molar-refractivity contribution in [1.82, 2.24) is 9.55 Å². The lowest BCUT2D eigenvalue weighted by atomic mass is 9.83. The molecule has 1 aliphatic heterocycles. The second-order valence-electron chi connectivity index (χ2n) is 25.8. The van der Waals surface area contributed by atoms with Gasteiger partial charge in [-0.25, -0.2) is 4.98 Å². The molecule has 0 radical (unpaired) electrons. The van der Waals surface area contributed by atoms with Gasteiger partial charge in [0.2, 0.25) is 0 Å². The summed E-state index contributed by atoms with van der Waals surface area (Å²) in [5, 5.41) is 2.11. The topological polar surface area (TPSA) is 33.5 Å². The number of benzene rings is 8. The lowest BCUT2D eigenvalue weighted by Crippen LogP contribution is -2.27. The zero-order valence-corrected chi connectivity index (χ0v) is 48.4. The molecule has 79 heavy (non-hydrogen) atoms. The van der Waals surface area contributed by atoms with E-state index in [2.05, 4.69) is 261 Å². The van der Waals surface area contributed by atoms with E-state index in [-0.39, 0.29) is 21.7 Å². The van der Waals surface area contributed by atoms with E-state index in [1.54, 1.807) is 6.20 Å². The Morgan fingerprint density at radius 2 is 1.06 bits per heavy atom. The van der Waals surface area contributed by atoms with E-state index < -0.39 is 6.85 Å². The van der Waals surface area contributed by atoms with Crippen LogP contribution in [0.1, 0.15) is 126 Å². The van der Waals surface area contributed by atoms with Gasteiger partial charge in [-0.15, -0.1) is 0 Å². The van der Waals surface area contributed by atoms with Crippen molar-refractivity contribution in [2.75, 3.05) is 16.5 Å². The number of aryl methyl sites for hydroxylation is 2. The van der Waals surface area contributed by atoms with E-state index in [0.29, 0.717) is 29.4 Å². The third kappa shape index (κ3) is 10.6. The Labute approximate surface area is 474 Å². The largest absolute Gasteiger partial charge is 0.457 e. The molecule has 0 aliphatic carbocycles. The maximum absolute atomic E-state index is 8.75. The quantitative estimate of drug-likeness (QED) is 0.144. The molecule has 11 rings (SSSR count). The van der Waals surface area contributed by atoms with Crippen molar-refractivity contribution in [3.05, 3.63) is 233 Å². The molecule has 8 aromatic carbocycles. The summed E-state index contributed by atoms with van der Waals surface area (Å²) in [4.78, 5) is 9.89. The highest BCUT2D eigenvalue weighted by Crippen LogP contribution is 2.44. The molecule has 1 aliphatic rings. The Morgan fingerprint density at radius 3 is 1.75 bits per heavy atom. The van der Waals surface area contributed by atoms with Crippen LogP contribution in [0.2, 0.25) is 0 Å². The number of aromatic nitrogens is 2. The molecular formula is C74H76N4O. The van der Waals surface area contributed by atoms with Crippen LogP contribution in [0.25, 0.3) is 66.7 Å². The first-order chi connectivity index (χ1) is 38.7. The standard InChI is InChI=1S/C74H76N4O/c1-48-34-57(72(6,7)8)35-49(2)70(48)54-32-33-75-69(40-54)78-66-31-28-52(50-22-17-15-18-23-50)39-65(66)64-30-29-62(45-67(64)78)79-63-43-59(74(12,13)14)41-60(44-63)76-46-68(53-26-21-27-56(36-53)71(3,4)5)77(47-76)61-38-55(51-24-19-16-20-25-51)37-58(42-61)73(9,10)11/h15-46H,47H2,1-14H3/i1D3. The molecule has 398 valence electrons. The first-order valence-corrected chi connectivity index (χ1v) is 27.8. The molecule has 0 N–H and O–H groups in total. The maximum atomic E-state index is 8.75. The molecule has 10 aromatic rings. The van der Waals surface area contributed by atoms with Gasteiger partial charge < -0.3 is 14.5 Å². The highest BCUT2D eigenvalue weighted by Gasteiger charge is 2.30. The number of hydrogen-bond donors (Lipinski definition) is 0. The van der Waals surface area contributed by atoms with Gasteiger partial charge >= 0.3 is 0 Å². The van der Waals surface area contributed by atoms with Crippen molar-refractivity contribution >= 4 is 38.9 Å². The molecule has 0 fully saturated rings. The van der Waals surface area contributed by atoms with E-state index in [4.69, 9.17) is 13.8 Å². The molecule has 0 saturated heterocycles. The number of pyridine rings is 1. The highest BCUT2D eigenvalue weighted by atomic mass is 16.5. The molecule has 0 spiro atoms. The van der Waals surface area contributed by atoms with Gasteiger partial charge in [0.1, 0.15) is 17.3 Å². The van der Waals surface area contributed by atoms with Crippen LogP contribution >= 0.6 is 0 Å². The SMILES string of the molecule is [2H]C([2H])([2H])c1cc(C(C)(C)C)cc(C)c1-c1ccnc(-n2c3ccc(-c4ccccc4)cc3c3ccc(Oc4cc(N5C=C(c6cccc(C(C)(C)C)c6)N(c6cc(-c7ccccc7)cc(C(C)(C)C)c6)C5)cc(C(C)(C)C)c4)cc32)c1. The van der Waals surface area contributed by atoms with Crippen molar-refractivity contribution in [2.24, 2.45) is 0 Å². The highest BCUT2D eigenvalue weighted by molar-refractivity contribution is 6.11. The van der Waals surface area contributed by atoms with Crippen molar-refractivity contribution < 1.29 is 8.85 Å². The first-order valence-electron chi connectivity index (χ1n) is 29.3. The molecule has 0 amide bonds. The Hall–Kier alpha value is -8.15. The molecule has 2 aromatic heterocycles. The summed E-state index contributed by atoms with van der Waals surface area (Å²) in [7, 11) is 0. The second-order valence-corrected chi connectivity index (χ2v) is 25.8. The fourth-order valence-electron chi connectivity index (χ4n) is 11.0. The number of hydrogen-bond acceptors (Lipinski definition) is 4. The van der Waals surface area contributed by atoms with Gasteiger partial charge in [0.25, 0.3) is 0 Å². The van der Waals surface area contributed by atoms with Gasteiger partial charge in [0.05, 0.1) is 23.4 Å². The number of ether oxygens (including phenoxy) is 1. The number of anilines is 2. The minimum Gasteiger partial charge on any atom is -0.457 e. The summed E-state index contributed by atoms with van der Waals surface area (Å²) in [6.07, 6.45) is 4.11. The lowest BCUT2D eigenvalue weighted by Gasteiger charge is -2.29. The third-order valence-corrected chi connectivity index (χ3v) is 15.7. The van der Waals surface area contributed by atoms with Crippen molar-refractivity contribution in [2.45, 2.75) is 119 Å². The molecule has 0 atom stereocenters. The van der Waals surface area contributed by atoms with E-state index in [1.165, 1.54) is 22.3 Å². The summed E-state index contributed by atoms with van der Waals surface area (Å²) in [5.41, 5.74) is 17.8. The van der Waals surface area contributed by atoms with Crippen molar-refractivity contribution in [3.8, 4) is 50.7 Å². The van der Waals surface area contributed by atoms with E-state index in [1.807, 2.05) is 31.2 Å². The van der Waals surface area contributed by atoms with Gasteiger partial charge in [-0.2, -0.15) is 0 Å². The molecular weight excluding hydrogens is 961 g/mol. The molecule has 0 saturated carbocycles. The first kappa shape index (κ1) is 49.2. The fourth-order valence-corrected chi connectivity index (χ4v) is 11.0. The van der Waals surface area contributed by atoms with E-state index in [9.17, 15) is 0 Å². The zero-order chi connectivity index (χ0) is 58.3. The lowest BCUT2D eigenvalue weighted by molar-refractivity contribution is 0.479. The molecule has 3 heterocycles. The van der Waals surface area contributed by atoms with Crippen molar-refractivity contribution in [1.29, 1.82) is 0 Å².